The van der Waals surface area contributed by atoms with Gasteiger partial charge in [0.05, 0.1) is 0 Å². The third-order valence-corrected chi connectivity index (χ3v) is 2.53. The molecule has 0 spiro atoms. The highest BCUT2D eigenvalue weighted by Crippen LogP contribution is 1.95. The minimum atomic E-state index is -0.278. The van der Waals surface area contributed by atoms with Crippen molar-refractivity contribution in [3.8, 4) is 0 Å². The van der Waals surface area contributed by atoms with Gasteiger partial charge in [0, 0.05) is 13.1 Å². The van der Waals surface area contributed by atoms with Crippen molar-refractivity contribution < 1.29 is 4.79 Å². The molecule has 1 amide bonds. The lowest BCUT2D eigenvalue weighted by Crippen LogP contribution is -2.38. The number of hydrogen-bond acceptors (Lipinski definition) is 3. The highest BCUT2D eigenvalue weighted by Gasteiger charge is 2.11. The number of amides is 1. The maximum Gasteiger partial charge on any atom is 0.345 e. The fraction of sp³-hybridized carbons (Fsp3) is 0.700. The van der Waals surface area contributed by atoms with Crippen molar-refractivity contribution in [2.24, 2.45) is 7.05 Å². The van der Waals surface area contributed by atoms with E-state index in [-0.39, 0.29) is 24.2 Å². The van der Waals surface area contributed by atoms with Crippen LogP contribution in [-0.4, -0.2) is 26.3 Å². The summed E-state index contributed by atoms with van der Waals surface area (Å²) < 4.78 is 2.49. The number of aryl methyl sites for hydroxylation is 1. The van der Waals surface area contributed by atoms with Crippen molar-refractivity contribution in [3.05, 3.63) is 16.8 Å². The highest BCUT2D eigenvalue weighted by atomic mass is 16.2. The maximum atomic E-state index is 11.6. The van der Waals surface area contributed by atoms with Crippen molar-refractivity contribution in [2.45, 2.75) is 39.3 Å². The number of carbonyl (C=O) groups excluding carboxylic acids is 1. The van der Waals surface area contributed by atoms with Crippen LogP contribution in [-0.2, 0) is 18.4 Å². The third-order valence-electron chi connectivity index (χ3n) is 2.53. The fourth-order valence-corrected chi connectivity index (χ4v) is 1.43. The van der Waals surface area contributed by atoms with Crippen molar-refractivity contribution in [2.75, 3.05) is 0 Å². The molecule has 0 aliphatic heterocycles. The number of hydrogen-bond donors (Lipinski definition) is 1. The van der Waals surface area contributed by atoms with Gasteiger partial charge >= 0.3 is 5.69 Å². The number of nitrogens with zero attached hydrogens (tertiary/aromatic N) is 3. The molecule has 0 atom stereocenters. The largest absolute Gasteiger partial charge is 0.352 e. The van der Waals surface area contributed by atoms with Crippen LogP contribution in [0.5, 0.6) is 0 Å². The van der Waals surface area contributed by atoms with Crippen LogP contribution in [0.3, 0.4) is 0 Å². The third kappa shape index (κ3) is 2.95. The zero-order valence-corrected chi connectivity index (χ0v) is 9.93. The van der Waals surface area contributed by atoms with Crippen molar-refractivity contribution >= 4 is 5.91 Å². The van der Waals surface area contributed by atoms with Gasteiger partial charge in [-0.05, 0) is 12.8 Å². The van der Waals surface area contributed by atoms with E-state index in [1.54, 1.807) is 7.05 Å². The van der Waals surface area contributed by atoms with Crippen LogP contribution in [0, 0.1) is 0 Å². The zero-order chi connectivity index (χ0) is 12.1. The molecule has 16 heavy (non-hydrogen) atoms. The van der Waals surface area contributed by atoms with Gasteiger partial charge < -0.3 is 5.32 Å². The maximum absolute atomic E-state index is 11.6. The van der Waals surface area contributed by atoms with Gasteiger partial charge in [0.2, 0.25) is 5.91 Å². The van der Waals surface area contributed by atoms with Crippen LogP contribution in [0.4, 0.5) is 0 Å². The summed E-state index contributed by atoms with van der Waals surface area (Å²) in [7, 11) is 1.60. The lowest BCUT2D eigenvalue weighted by atomic mass is 10.2. The first-order valence-corrected chi connectivity index (χ1v) is 5.46. The molecule has 0 saturated heterocycles. The molecule has 1 aromatic rings. The second kappa shape index (κ2) is 5.48. The molecule has 1 N–H and O–H groups in total. The number of rotatable bonds is 5. The van der Waals surface area contributed by atoms with Crippen LogP contribution in [0.2, 0.25) is 0 Å². The molecule has 1 rings (SSSR count). The molecule has 6 nitrogen and oxygen atoms in total. The zero-order valence-electron chi connectivity index (χ0n) is 9.93. The van der Waals surface area contributed by atoms with E-state index in [0.717, 1.165) is 17.5 Å². The van der Waals surface area contributed by atoms with E-state index in [0.29, 0.717) is 0 Å². The average Bonchev–Trinajstić information content (AvgIpc) is 2.58. The van der Waals surface area contributed by atoms with E-state index in [1.165, 1.54) is 10.9 Å². The molecule has 0 fully saturated rings. The van der Waals surface area contributed by atoms with Crippen LogP contribution < -0.4 is 11.0 Å². The Hall–Kier alpha value is -1.59. The Balaban J connectivity index is 2.58. The molecule has 0 unspecified atom stereocenters. The van der Waals surface area contributed by atoms with Crippen LogP contribution >= 0.6 is 0 Å². The van der Waals surface area contributed by atoms with Gasteiger partial charge in [-0.2, -0.15) is 5.10 Å². The molecule has 0 saturated carbocycles. The Labute approximate surface area is 94.3 Å². The molecular weight excluding hydrogens is 208 g/mol. The van der Waals surface area contributed by atoms with Crippen LogP contribution in [0.1, 0.15) is 26.7 Å². The standard InChI is InChI=1S/C10H18N4O2/c1-4-8(5-2)12-9(15)6-14-10(16)13(3)7-11-14/h7-8H,4-6H2,1-3H3,(H,12,15). The van der Waals surface area contributed by atoms with Gasteiger partial charge in [0.1, 0.15) is 12.9 Å². The first kappa shape index (κ1) is 12.5. The summed E-state index contributed by atoms with van der Waals surface area (Å²) in [6.07, 6.45) is 3.17. The van der Waals surface area contributed by atoms with E-state index in [9.17, 15) is 9.59 Å². The average molecular weight is 226 g/mol. The molecule has 0 aliphatic rings. The predicted molar refractivity (Wildman–Crippen MR) is 60.0 cm³/mol. The monoisotopic (exact) mass is 226 g/mol. The number of carbonyl (C=O) groups is 1. The second-order valence-corrected chi connectivity index (χ2v) is 3.76. The van der Waals surface area contributed by atoms with Crippen molar-refractivity contribution in [1.82, 2.24) is 19.7 Å². The van der Waals surface area contributed by atoms with Gasteiger partial charge in [-0.3, -0.25) is 9.36 Å². The summed E-state index contributed by atoms with van der Waals surface area (Å²) in [5.41, 5.74) is -0.278. The summed E-state index contributed by atoms with van der Waals surface area (Å²) in [5.74, 6) is -0.172. The highest BCUT2D eigenvalue weighted by molar-refractivity contribution is 5.75. The van der Waals surface area contributed by atoms with E-state index in [2.05, 4.69) is 10.4 Å². The molecule has 1 aromatic heterocycles. The second-order valence-electron chi connectivity index (χ2n) is 3.76. The molecule has 0 radical (unpaired) electrons. The van der Waals surface area contributed by atoms with Gasteiger partial charge in [-0.25, -0.2) is 9.48 Å². The fourth-order valence-electron chi connectivity index (χ4n) is 1.43. The first-order valence-electron chi connectivity index (χ1n) is 5.46. The van der Waals surface area contributed by atoms with Crippen LogP contribution in [0.25, 0.3) is 0 Å². The predicted octanol–water partition coefficient (Wildman–Crippen LogP) is -0.113. The van der Waals surface area contributed by atoms with Gasteiger partial charge in [0.25, 0.3) is 0 Å². The molecular formula is C10H18N4O2. The summed E-state index contributed by atoms with van der Waals surface area (Å²) >= 11 is 0. The summed E-state index contributed by atoms with van der Waals surface area (Å²) in [6, 6.07) is 0.173. The molecule has 90 valence electrons. The Bertz CT molecular complexity index is 403. The van der Waals surface area contributed by atoms with E-state index in [1.807, 2.05) is 13.8 Å². The quantitative estimate of drug-likeness (QED) is 0.761. The van der Waals surface area contributed by atoms with Crippen molar-refractivity contribution in [1.29, 1.82) is 0 Å². The smallest absolute Gasteiger partial charge is 0.345 e. The molecule has 0 bridgehead atoms. The van der Waals surface area contributed by atoms with E-state index in [4.69, 9.17) is 0 Å². The molecule has 1 heterocycles. The Kier molecular flexibility index (Phi) is 4.28. The van der Waals surface area contributed by atoms with Gasteiger partial charge in [-0.1, -0.05) is 13.8 Å². The number of nitrogens with one attached hydrogen (secondary N) is 1. The molecule has 0 aliphatic carbocycles. The lowest BCUT2D eigenvalue weighted by Gasteiger charge is -2.14. The lowest BCUT2D eigenvalue weighted by molar-refractivity contribution is -0.122. The summed E-state index contributed by atoms with van der Waals surface area (Å²) in [6.45, 7) is 4.01. The normalized spacial score (nSPS) is 10.8. The Morgan fingerprint density at radius 1 is 1.50 bits per heavy atom. The van der Waals surface area contributed by atoms with Gasteiger partial charge in [0.15, 0.2) is 0 Å². The van der Waals surface area contributed by atoms with Crippen LogP contribution in [0.15, 0.2) is 11.1 Å². The van der Waals surface area contributed by atoms with E-state index >= 15 is 0 Å². The number of aromatic nitrogens is 3. The minimum Gasteiger partial charge on any atom is -0.352 e. The summed E-state index contributed by atoms with van der Waals surface area (Å²) in [4.78, 5) is 23.0. The summed E-state index contributed by atoms with van der Waals surface area (Å²) in [5, 5.41) is 6.67. The van der Waals surface area contributed by atoms with E-state index < -0.39 is 0 Å². The molecule has 6 heteroatoms. The first-order chi connectivity index (χ1) is 7.58. The van der Waals surface area contributed by atoms with Gasteiger partial charge in [-0.15, -0.1) is 0 Å². The topological polar surface area (TPSA) is 68.9 Å². The van der Waals surface area contributed by atoms with Crippen molar-refractivity contribution in [3.63, 3.8) is 0 Å². The Morgan fingerprint density at radius 2 is 2.12 bits per heavy atom. The minimum absolute atomic E-state index is 0.0177. The molecule has 0 aromatic carbocycles. The SMILES string of the molecule is CCC(CC)NC(=O)Cn1ncn(C)c1=O. The Morgan fingerprint density at radius 3 is 2.56 bits per heavy atom.